The van der Waals surface area contributed by atoms with Gasteiger partial charge < -0.3 is 10.5 Å². The van der Waals surface area contributed by atoms with Crippen LogP contribution in [0.5, 0.6) is 0 Å². The number of carbonyl (C=O) groups excluding carboxylic acids is 1. The first-order valence-corrected chi connectivity index (χ1v) is 7.66. The van der Waals surface area contributed by atoms with Crippen LogP contribution in [-0.4, -0.2) is 13.1 Å². The van der Waals surface area contributed by atoms with Gasteiger partial charge in [-0.2, -0.15) is 0 Å². The summed E-state index contributed by atoms with van der Waals surface area (Å²) in [7, 11) is 1.36. The molecule has 0 radical (unpaired) electrons. The molecule has 2 aromatic carbocycles. The van der Waals surface area contributed by atoms with Crippen molar-refractivity contribution < 1.29 is 9.53 Å². The Kier molecular flexibility index (Phi) is 4.91. The molecular formula is C17H19NO2S. The molecule has 0 aliphatic heterocycles. The zero-order valence-corrected chi connectivity index (χ0v) is 13.3. The number of carbonyl (C=O) groups is 1. The van der Waals surface area contributed by atoms with Crippen LogP contribution in [0, 0.1) is 13.8 Å². The molecule has 0 heterocycles. The second-order valence-corrected chi connectivity index (χ2v) is 6.02. The fourth-order valence-electron chi connectivity index (χ4n) is 2.10. The summed E-state index contributed by atoms with van der Waals surface area (Å²) < 4.78 is 4.78. The lowest BCUT2D eigenvalue weighted by Crippen LogP contribution is -2.07. The molecule has 0 spiro atoms. The van der Waals surface area contributed by atoms with Crippen molar-refractivity contribution in [2.24, 2.45) is 0 Å². The molecule has 0 atom stereocenters. The normalized spacial score (nSPS) is 10.4. The van der Waals surface area contributed by atoms with Gasteiger partial charge in [-0.3, -0.25) is 0 Å². The average molecular weight is 301 g/mol. The van der Waals surface area contributed by atoms with E-state index < -0.39 is 5.97 Å². The quantitative estimate of drug-likeness (QED) is 0.527. The highest BCUT2D eigenvalue weighted by atomic mass is 32.2. The molecule has 2 rings (SSSR count). The van der Waals surface area contributed by atoms with Gasteiger partial charge in [0.05, 0.1) is 12.7 Å². The molecule has 0 saturated heterocycles. The van der Waals surface area contributed by atoms with Gasteiger partial charge in [0.2, 0.25) is 0 Å². The minimum atomic E-state index is -0.395. The van der Waals surface area contributed by atoms with Gasteiger partial charge in [0.25, 0.3) is 0 Å². The summed E-state index contributed by atoms with van der Waals surface area (Å²) in [6, 6.07) is 12.2. The van der Waals surface area contributed by atoms with E-state index in [1.165, 1.54) is 18.2 Å². The highest BCUT2D eigenvalue weighted by molar-refractivity contribution is 7.98. The van der Waals surface area contributed by atoms with Crippen molar-refractivity contribution in [1.29, 1.82) is 0 Å². The number of nitrogen functional groups attached to an aromatic ring is 1. The Bertz CT molecular complexity index is 668. The van der Waals surface area contributed by atoms with E-state index >= 15 is 0 Å². The van der Waals surface area contributed by atoms with Crippen molar-refractivity contribution in [3.8, 4) is 0 Å². The maximum absolute atomic E-state index is 11.7. The Morgan fingerprint density at radius 3 is 2.67 bits per heavy atom. The molecule has 21 heavy (non-hydrogen) atoms. The molecule has 4 heteroatoms. The molecule has 0 aliphatic carbocycles. The van der Waals surface area contributed by atoms with Gasteiger partial charge in [-0.15, -0.1) is 11.8 Å². The smallest absolute Gasteiger partial charge is 0.340 e. The van der Waals surface area contributed by atoms with E-state index in [-0.39, 0.29) is 0 Å². The highest BCUT2D eigenvalue weighted by Crippen LogP contribution is 2.29. The Labute approximate surface area is 129 Å². The van der Waals surface area contributed by atoms with E-state index in [9.17, 15) is 4.79 Å². The molecule has 3 nitrogen and oxygen atoms in total. The van der Waals surface area contributed by atoms with Crippen LogP contribution in [0.25, 0.3) is 0 Å². The van der Waals surface area contributed by atoms with Gasteiger partial charge >= 0.3 is 5.97 Å². The highest BCUT2D eigenvalue weighted by Gasteiger charge is 2.13. The van der Waals surface area contributed by atoms with Crippen LogP contribution in [0.4, 0.5) is 5.69 Å². The van der Waals surface area contributed by atoms with Crippen molar-refractivity contribution in [2.45, 2.75) is 24.5 Å². The first-order chi connectivity index (χ1) is 10.0. The molecule has 0 aromatic heterocycles. The maximum atomic E-state index is 11.7. The first kappa shape index (κ1) is 15.4. The lowest BCUT2D eigenvalue weighted by atomic mass is 10.1. The first-order valence-electron chi connectivity index (χ1n) is 6.68. The van der Waals surface area contributed by atoms with Crippen molar-refractivity contribution in [3.05, 3.63) is 58.7 Å². The molecule has 0 bridgehead atoms. The minimum absolute atomic E-state index is 0.395. The van der Waals surface area contributed by atoms with Crippen molar-refractivity contribution in [2.75, 3.05) is 12.8 Å². The Hall–Kier alpha value is -1.94. The van der Waals surface area contributed by atoms with Gasteiger partial charge in [0.1, 0.15) is 0 Å². The number of rotatable bonds is 4. The van der Waals surface area contributed by atoms with Crippen LogP contribution in [0.2, 0.25) is 0 Å². The number of methoxy groups -OCH3 is 1. The third kappa shape index (κ3) is 3.79. The van der Waals surface area contributed by atoms with E-state index in [0.29, 0.717) is 11.3 Å². The van der Waals surface area contributed by atoms with Crippen LogP contribution < -0.4 is 5.73 Å². The van der Waals surface area contributed by atoms with Crippen LogP contribution >= 0.6 is 11.8 Å². The van der Waals surface area contributed by atoms with E-state index in [4.69, 9.17) is 10.5 Å². The van der Waals surface area contributed by atoms with Gasteiger partial charge in [-0.05, 0) is 37.1 Å². The molecule has 0 fully saturated rings. The van der Waals surface area contributed by atoms with Gasteiger partial charge in [-0.25, -0.2) is 4.79 Å². The number of esters is 1. The summed E-state index contributed by atoms with van der Waals surface area (Å²) in [5, 5.41) is 0. The summed E-state index contributed by atoms with van der Waals surface area (Å²) in [6.07, 6.45) is 0. The molecular weight excluding hydrogens is 282 g/mol. The van der Waals surface area contributed by atoms with Gasteiger partial charge in [0.15, 0.2) is 0 Å². The van der Waals surface area contributed by atoms with Crippen LogP contribution in [0.3, 0.4) is 0 Å². The number of nitrogens with two attached hydrogens (primary N) is 1. The fourth-order valence-corrected chi connectivity index (χ4v) is 3.07. The number of benzene rings is 2. The Balaban J connectivity index is 2.21. The second kappa shape index (κ2) is 6.68. The van der Waals surface area contributed by atoms with Gasteiger partial charge in [-0.1, -0.05) is 29.8 Å². The summed E-state index contributed by atoms with van der Waals surface area (Å²) >= 11 is 1.68. The molecule has 0 saturated carbocycles. The van der Waals surface area contributed by atoms with E-state index in [1.54, 1.807) is 17.8 Å². The number of hydrogen-bond donors (Lipinski definition) is 1. The summed E-state index contributed by atoms with van der Waals surface area (Å²) in [6.45, 7) is 3.98. The molecule has 110 valence electrons. The van der Waals surface area contributed by atoms with Crippen LogP contribution in [0.1, 0.15) is 27.0 Å². The number of ether oxygens (including phenoxy) is 1. The fraction of sp³-hybridized carbons (Fsp3) is 0.235. The summed E-state index contributed by atoms with van der Waals surface area (Å²) in [5.74, 6) is 0.458. The molecule has 0 amide bonds. The lowest BCUT2D eigenvalue weighted by Gasteiger charge is -2.10. The standard InChI is InChI=1S/C17H19NO2S/c1-11-5-4-6-13(7-11)10-21-14-8-12(2)16(18)15(9-14)17(19)20-3/h4-9H,10,18H2,1-3H3. The monoisotopic (exact) mass is 301 g/mol. The molecule has 0 unspecified atom stereocenters. The minimum Gasteiger partial charge on any atom is -0.465 e. The molecule has 2 aromatic rings. The topological polar surface area (TPSA) is 52.3 Å². The number of anilines is 1. The second-order valence-electron chi connectivity index (χ2n) is 4.97. The number of thioether (sulfide) groups is 1. The van der Waals surface area contributed by atoms with E-state index in [2.05, 4.69) is 31.2 Å². The largest absolute Gasteiger partial charge is 0.465 e. The SMILES string of the molecule is COC(=O)c1cc(SCc2cccc(C)c2)cc(C)c1N. The van der Waals surface area contributed by atoms with Crippen molar-refractivity contribution in [1.82, 2.24) is 0 Å². The zero-order valence-electron chi connectivity index (χ0n) is 12.5. The summed E-state index contributed by atoms with van der Waals surface area (Å²) in [4.78, 5) is 12.8. The third-order valence-electron chi connectivity index (χ3n) is 3.25. The zero-order chi connectivity index (χ0) is 15.4. The lowest BCUT2D eigenvalue weighted by molar-refractivity contribution is 0.0601. The predicted octanol–water partition coefficient (Wildman–Crippen LogP) is 3.96. The number of hydrogen-bond acceptors (Lipinski definition) is 4. The van der Waals surface area contributed by atoms with Crippen LogP contribution in [-0.2, 0) is 10.5 Å². The summed E-state index contributed by atoms with van der Waals surface area (Å²) in [5.41, 5.74) is 10.3. The molecule has 2 N–H and O–H groups in total. The van der Waals surface area contributed by atoms with E-state index in [1.807, 2.05) is 13.0 Å². The van der Waals surface area contributed by atoms with Crippen molar-refractivity contribution in [3.63, 3.8) is 0 Å². The van der Waals surface area contributed by atoms with Crippen molar-refractivity contribution >= 4 is 23.4 Å². The third-order valence-corrected chi connectivity index (χ3v) is 4.30. The average Bonchev–Trinajstić information content (AvgIpc) is 2.47. The van der Waals surface area contributed by atoms with E-state index in [0.717, 1.165) is 16.2 Å². The van der Waals surface area contributed by atoms with Crippen LogP contribution in [0.15, 0.2) is 41.3 Å². The maximum Gasteiger partial charge on any atom is 0.340 e. The predicted molar refractivity (Wildman–Crippen MR) is 87.7 cm³/mol. The number of aryl methyl sites for hydroxylation is 2. The molecule has 0 aliphatic rings. The Morgan fingerprint density at radius 1 is 1.24 bits per heavy atom. The van der Waals surface area contributed by atoms with Gasteiger partial charge in [0, 0.05) is 16.3 Å². The Morgan fingerprint density at radius 2 is 2.00 bits per heavy atom.